The van der Waals surface area contributed by atoms with Crippen LogP contribution in [0.5, 0.6) is 0 Å². The van der Waals surface area contributed by atoms with Gasteiger partial charge in [-0.2, -0.15) is 0 Å². The van der Waals surface area contributed by atoms with E-state index in [4.69, 9.17) is 4.98 Å². The molecule has 1 aliphatic carbocycles. The van der Waals surface area contributed by atoms with Crippen LogP contribution < -0.4 is 0 Å². The minimum atomic E-state index is 0.142. The van der Waals surface area contributed by atoms with E-state index in [1.165, 1.54) is 12.8 Å². The van der Waals surface area contributed by atoms with Gasteiger partial charge in [0.1, 0.15) is 5.82 Å². The van der Waals surface area contributed by atoms with E-state index >= 15 is 0 Å². The van der Waals surface area contributed by atoms with Crippen molar-refractivity contribution >= 4 is 5.91 Å². The lowest BCUT2D eigenvalue weighted by Crippen LogP contribution is -2.32. The van der Waals surface area contributed by atoms with Crippen LogP contribution in [0.3, 0.4) is 0 Å². The van der Waals surface area contributed by atoms with Gasteiger partial charge >= 0.3 is 0 Å². The number of hydrogen-bond donors (Lipinski definition) is 0. The van der Waals surface area contributed by atoms with Crippen molar-refractivity contribution in [2.75, 3.05) is 20.6 Å². The van der Waals surface area contributed by atoms with Crippen LogP contribution in [0.4, 0.5) is 0 Å². The van der Waals surface area contributed by atoms with Crippen molar-refractivity contribution in [3.05, 3.63) is 23.3 Å². The van der Waals surface area contributed by atoms with Crippen molar-refractivity contribution in [2.45, 2.75) is 51.6 Å². The van der Waals surface area contributed by atoms with Crippen LogP contribution >= 0.6 is 0 Å². The minimum Gasteiger partial charge on any atom is -0.334 e. The molecule has 5 heteroatoms. The molecule has 1 saturated carbocycles. The first-order valence-corrected chi connectivity index (χ1v) is 8.31. The van der Waals surface area contributed by atoms with Gasteiger partial charge in [-0.1, -0.05) is 0 Å². The Morgan fingerprint density at radius 1 is 1.36 bits per heavy atom. The summed E-state index contributed by atoms with van der Waals surface area (Å²) in [5.41, 5.74) is 2.20. The number of likely N-dealkylation sites (tertiary alicyclic amines) is 1. The highest BCUT2D eigenvalue weighted by Gasteiger charge is 2.35. The predicted octanol–water partition coefficient (Wildman–Crippen LogP) is 2.31. The maximum Gasteiger partial charge on any atom is 0.223 e. The first-order chi connectivity index (χ1) is 10.5. The molecule has 1 unspecified atom stereocenters. The second-order valence-corrected chi connectivity index (χ2v) is 6.96. The molecular weight excluding hydrogens is 276 g/mol. The molecule has 2 fully saturated rings. The summed E-state index contributed by atoms with van der Waals surface area (Å²) >= 11 is 0. The van der Waals surface area contributed by atoms with Crippen LogP contribution in [0.2, 0.25) is 0 Å². The molecule has 0 bridgehead atoms. The van der Waals surface area contributed by atoms with Gasteiger partial charge in [0.05, 0.1) is 11.7 Å². The summed E-state index contributed by atoms with van der Waals surface area (Å²) in [6.45, 7) is 3.62. The van der Waals surface area contributed by atoms with Crippen molar-refractivity contribution in [3.63, 3.8) is 0 Å². The summed E-state index contributed by atoms with van der Waals surface area (Å²) in [5, 5.41) is 0. The zero-order valence-electron chi connectivity index (χ0n) is 13.9. The van der Waals surface area contributed by atoms with Gasteiger partial charge in [-0.3, -0.25) is 4.79 Å². The van der Waals surface area contributed by atoms with Crippen LogP contribution in [-0.2, 0) is 11.3 Å². The zero-order valence-corrected chi connectivity index (χ0v) is 13.9. The SMILES string of the molecule is Cc1ncc(CN(C)C)c(C2CCCN2C(=O)CC2CC2)n1. The Labute approximate surface area is 132 Å². The Morgan fingerprint density at radius 3 is 2.82 bits per heavy atom. The van der Waals surface area contributed by atoms with Gasteiger partial charge in [-0.05, 0) is 52.6 Å². The van der Waals surface area contributed by atoms with E-state index in [1.807, 2.05) is 27.2 Å². The summed E-state index contributed by atoms with van der Waals surface area (Å²) in [7, 11) is 4.10. The normalized spacial score (nSPS) is 21.6. The quantitative estimate of drug-likeness (QED) is 0.837. The van der Waals surface area contributed by atoms with Crippen molar-refractivity contribution in [1.29, 1.82) is 0 Å². The lowest BCUT2D eigenvalue weighted by Gasteiger charge is -2.26. The Morgan fingerprint density at radius 2 is 2.14 bits per heavy atom. The fourth-order valence-corrected chi connectivity index (χ4v) is 3.30. The maximum atomic E-state index is 12.6. The van der Waals surface area contributed by atoms with Gasteiger partial charge in [-0.25, -0.2) is 9.97 Å². The van der Waals surface area contributed by atoms with Crippen molar-refractivity contribution in [2.24, 2.45) is 5.92 Å². The zero-order chi connectivity index (χ0) is 15.7. The van der Waals surface area contributed by atoms with Crippen LogP contribution in [0.25, 0.3) is 0 Å². The molecule has 1 aromatic rings. The van der Waals surface area contributed by atoms with E-state index in [2.05, 4.69) is 14.8 Å². The molecule has 1 saturated heterocycles. The standard InChI is InChI=1S/C17H26N4O/c1-12-18-10-14(11-20(2)3)17(19-12)15-5-4-8-21(15)16(22)9-13-6-7-13/h10,13,15H,4-9,11H2,1-3H3. The second-order valence-electron chi connectivity index (χ2n) is 6.96. The summed E-state index contributed by atoms with van der Waals surface area (Å²) in [4.78, 5) is 25.8. The number of nitrogens with zero attached hydrogens (tertiary/aromatic N) is 4. The fraction of sp³-hybridized carbons (Fsp3) is 0.706. The van der Waals surface area contributed by atoms with Crippen molar-refractivity contribution in [1.82, 2.24) is 19.8 Å². The Hall–Kier alpha value is -1.49. The molecule has 3 rings (SSSR count). The van der Waals surface area contributed by atoms with Crippen molar-refractivity contribution < 1.29 is 4.79 Å². The first kappa shape index (κ1) is 15.4. The smallest absolute Gasteiger partial charge is 0.223 e. The van der Waals surface area contributed by atoms with E-state index in [0.717, 1.165) is 49.4 Å². The molecule has 5 nitrogen and oxygen atoms in total. The summed E-state index contributed by atoms with van der Waals surface area (Å²) < 4.78 is 0. The second kappa shape index (κ2) is 6.32. The van der Waals surface area contributed by atoms with Gasteiger partial charge in [-0.15, -0.1) is 0 Å². The van der Waals surface area contributed by atoms with E-state index in [0.29, 0.717) is 11.8 Å². The summed E-state index contributed by atoms with van der Waals surface area (Å²) in [6, 6.07) is 0.142. The molecule has 2 aliphatic rings. The molecule has 0 radical (unpaired) electrons. The van der Waals surface area contributed by atoms with Gasteiger partial charge < -0.3 is 9.80 Å². The lowest BCUT2D eigenvalue weighted by atomic mass is 10.0. The van der Waals surface area contributed by atoms with Gasteiger partial charge in [0.2, 0.25) is 5.91 Å². The first-order valence-electron chi connectivity index (χ1n) is 8.31. The monoisotopic (exact) mass is 302 g/mol. The van der Waals surface area contributed by atoms with Gasteiger partial charge in [0.15, 0.2) is 0 Å². The average Bonchev–Trinajstić information content (AvgIpc) is 3.13. The molecule has 0 spiro atoms. The Kier molecular flexibility index (Phi) is 4.43. The largest absolute Gasteiger partial charge is 0.334 e. The van der Waals surface area contributed by atoms with Gasteiger partial charge in [0.25, 0.3) is 0 Å². The van der Waals surface area contributed by atoms with Crippen LogP contribution in [-0.4, -0.2) is 46.3 Å². The fourth-order valence-electron chi connectivity index (χ4n) is 3.30. The molecule has 2 heterocycles. The molecule has 1 aromatic heterocycles. The molecule has 0 N–H and O–H groups in total. The average molecular weight is 302 g/mol. The number of hydrogen-bond acceptors (Lipinski definition) is 4. The molecule has 1 aliphatic heterocycles. The summed E-state index contributed by atoms with van der Waals surface area (Å²) in [6.07, 6.45) is 7.20. The molecule has 120 valence electrons. The van der Waals surface area contributed by atoms with Crippen LogP contribution in [0.15, 0.2) is 6.20 Å². The molecule has 1 atom stereocenters. The third-order valence-electron chi connectivity index (χ3n) is 4.55. The number of carbonyl (C=O) groups is 1. The lowest BCUT2D eigenvalue weighted by molar-refractivity contribution is -0.132. The minimum absolute atomic E-state index is 0.142. The third kappa shape index (κ3) is 3.46. The topological polar surface area (TPSA) is 49.3 Å². The van der Waals surface area contributed by atoms with E-state index < -0.39 is 0 Å². The number of carbonyl (C=O) groups excluding carboxylic acids is 1. The molecule has 22 heavy (non-hydrogen) atoms. The van der Waals surface area contributed by atoms with Crippen LogP contribution in [0.1, 0.15) is 55.2 Å². The van der Waals surface area contributed by atoms with Crippen molar-refractivity contribution in [3.8, 4) is 0 Å². The highest BCUT2D eigenvalue weighted by Crippen LogP contribution is 2.37. The Balaban J connectivity index is 1.84. The van der Waals surface area contributed by atoms with Crippen LogP contribution in [0, 0.1) is 12.8 Å². The number of aromatic nitrogens is 2. The van der Waals surface area contributed by atoms with E-state index in [9.17, 15) is 4.79 Å². The molecule has 0 aromatic carbocycles. The van der Waals surface area contributed by atoms with E-state index in [-0.39, 0.29) is 6.04 Å². The predicted molar refractivity (Wildman–Crippen MR) is 85.2 cm³/mol. The highest BCUT2D eigenvalue weighted by atomic mass is 16.2. The number of amides is 1. The third-order valence-corrected chi connectivity index (χ3v) is 4.55. The summed E-state index contributed by atoms with van der Waals surface area (Å²) in [5.74, 6) is 1.75. The van der Waals surface area contributed by atoms with E-state index in [1.54, 1.807) is 0 Å². The number of aryl methyl sites for hydroxylation is 1. The highest BCUT2D eigenvalue weighted by molar-refractivity contribution is 5.77. The molecular formula is C17H26N4O. The molecule has 1 amide bonds. The van der Waals surface area contributed by atoms with Gasteiger partial charge in [0, 0.05) is 31.3 Å². The Bertz CT molecular complexity index is 554. The number of rotatable bonds is 5. The maximum absolute atomic E-state index is 12.6.